The predicted octanol–water partition coefficient (Wildman–Crippen LogP) is 4.35. The van der Waals surface area contributed by atoms with Gasteiger partial charge in [0.05, 0.1) is 24.3 Å². The highest BCUT2D eigenvalue weighted by Gasteiger charge is 2.27. The molecule has 186 valence electrons. The van der Waals surface area contributed by atoms with Gasteiger partial charge in [0.1, 0.15) is 18.0 Å². The van der Waals surface area contributed by atoms with Gasteiger partial charge in [-0.3, -0.25) is 9.10 Å². The van der Waals surface area contributed by atoms with Crippen LogP contribution in [-0.4, -0.2) is 41.1 Å². The first-order valence-electron chi connectivity index (χ1n) is 11.6. The van der Waals surface area contributed by atoms with E-state index in [1.54, 1.807) is 24.3 Å². The average molecular weight is 497 g/mol. The maximum absolute atomic E-state index is 13.5. The van der Waals surface area contributed by atoms with Crippen LogP contribution in [0.3, 0.4) is 0 Å². The van der Waals surface area contributed by atoms with Crippen molar-refractivity contribution in [2.24, 2.45) is 0 Å². The Bertz CT molecular complexity index is 1210. The summed E-state index contributed by atoms with van der Waals surface area (Å²) in [5, 5.41) is 2.85. The second kappa shape index (κ2) is 12.3. The summed E-state index contributed by atoms with van der Waals surface area (Å²) < 4.78 is 38.8. The van der Waals surface area contributed by atoms with Crippen molar-refractivity contribution in [3.05, 3.63) is 83.9 Å². The second-order valence-corrected chi connectivity index (χ2v) is 9.88. The van der Waals surface area contributed by atoms with E-state index in [1.165, 1.54) is 19.2 Å². The van der Waals surface area contributed by atoms with E-state index in [4.69, 9.17) is 9.47 Å². The van der Waals surface area contributed by atoms with E-state index in [0.29, 0.717) is 31.0 Å². The minimum absolute atomic E-state index is 0.0826. The lowest BCUT2D eigenvalue weighted by molar-refractivity contribution is -0.119. The summed E-state index contributed by atoms with van der Waals surface area (Å²) in [6.45, 7) is 4.54. The van der Waals surface area contributed by atoms with Gasteiger partial charge < -0.3 is 14.8 Å². The van der Waals surface area contributed by atoms with E-state index < -0.39 is 10.0 Å². The van der Waals surface area contributed by atoms with Gasteiger partial charge >= 0.3 is 0 Å². The van der Waals surface area contributed by atoms with Crippen LogP contribution in [0.4, 0.5) is 5.69 Å². The number of sulfonamides is 1. The summed E-state index contributed by atoms with van der Waals surface area (Å²) in [5.74, 6) is 1.02. The van der Waals surface area contributed by atoms with Gasteiger partial charge in [0.15, 0.2) is 0 Å². The SMILES string of the molecule is CCOc1ccccc1CCCNC(=O)CN(c1ccc(C)cc1)S(=O)(=O)c1ccc(OC)cc1. The monoisotopic (exact) mass is 496 g/mol. The number of amides is 1. The van der Waals surface area contributed by atoms with Crippen LogP contribution < -0.4 is 19.1 Å². The quantitative estimate of drug-likeness (QED) is 0.377. The number of anilines is 1. The lowest BCUT2D eigenvalue weighted by Gasteiger charge is -2.24. The van der Waals surface area contributed by atoms with Gasteiger partial charge in [0.2, 0.25) is 5.91 Å². The number of carbonyl (C=O) groups excluding carboxylic acids is 1. The third kappa shape index (κ3) is 6.99. The molecule has 1 amide bonds. The number of para-hydroxylation sites is 1. The third-order valence-corrected chi connectivity index (χ3v) is 7.26. The zero-order chi connectivity index (χ0) is 25.3. The van der Waals surface area contributed by atoms with Crippen LogP contribution in [0.25, 0.3) is 0 Å². The van der Waals surface area contributed by atoms with Gasteiger partial charge in [-0.1, -0.05) is 35.9 Å². The molecule has 1 N–H and O–H groups in total. The minimum Gasteiger partial charge on any atom is -0.497 e. The summed E-state index contributed by atoms with van der Waals surface area (Å²) in [7, 11) is -2.46. The van der Waals surface area contributed by atoms with Crippen molar-refractivity contribution in [3.8, 4) is 11.5 Å². The molecule has 0 aliphatic rings. The molecule has 3 aromatic rings. The molecule has 0 saturated carbocycles. The maximum Gasteiger partial charge on any atom is 0.264 e. The van der Waals surface area contributed by atoms with Crippen molar-refractivity contribution in [1.29, 1.82) is 0 Å². The fourth-order valence-corrected chi connectivity index (χ4v) is 5.02. The number of methoxy groups -OCH3 is 1. The molecule has 0 atom stereocenters. The van der Waals surface area contributed by atoms with Crippen LogP contribution in [0, 0.1) is 6.92 Å². The Labute approximate surface area is 207 Å². The smallest absolute Gasteiger partial charge is 0.264 e. The summed E-state index contributed by atoms with van der Waals surface area (Å²) in [4.78, 5) is 12.9. The Morgan fingerprint density at radius 3 is 2.31 bits per heavy atom. The molecule has 8 heteroatoms. The van der Waals surface area contributed by atoms with E-state index in [2.05, 4.69) is 5.32 Å². The number of benzene rings is 3. The largest absolute Gasteiger partial charge is 0.497 e. The molecule has 0 aromatic heterocycles. The Morgan fingerprint density at radius 1 is 0.971 bits per heavy atom. The minimum atomic E-state index is -3.97. The molecule has 0 saturated heterocycles. The van der Waals surface area contributed by atoms with Crippen molar-refractivity contribution >= 4 is 21.6 Å². The van der Waals surface area contributed by atoms with E-state index >= 15 is 0 Å². The molecule has 3 aromatic carbocycles. The Balaban J connectivity index is 1.69. The number of hydrogen-bond acceptors (Lipinski definition) is 5. The Hall–Kier alpha value is -3.52. The van der Waals surface area contributed by atoms with Crippen molar-refractivity contribution in [3.63, 3.8) is 0 Å². The number of aryl methyl sites for hydroxylation is 2. The molecule has 0 spiro atoms. The fourth-order valence-electron chi connectivity index (χ4n) is 3.60. The van der Waals surface area contributed by atoms with Crippen molar-refractivity contribution in [2.45, 2.75) is 31.6 Å². The highest BCUT2D eigenvalue weighted by Crippen LogP contribution is 2.25. The van der Waals surface area contributed by atoms with Crippen molar-refractivity contribution in [2.75, 3.05) is 31.1 Å². The lowest BCUT2D eigenvalue weighted by atomic mass is 10.1. The first kappa shape index (κ1) is 26.1. The Morgan fingerprint density at radius 2 is 1.66 bits per heavy atom. The molecule has 35 heavy (non-hydrogen) atoms. The number of ether oxygens (including phenoxy) is 2. The topological polar surface area (TPSA) is 84.9 Å². The Kier molecular flexibility index (Phi) is 9.14. The fraction of sp³-hybridized carbons (Fsp3) is 0.296. The van der Waals surface area contributed by atoms with Gasteiger partial charge in [-0.2, -0.15) is 0 Å². The van der Waals surface area contributed by atoms with Crippen LogP contribution in [0.1, 0.15) is 24.5 Å². The molecule has 0 aliphatic heterocycles. The summed E-state index contributed by atoms with van der Waals surface area (Å²) >= 11 is 0. The van der Waals surface area contributed by atoms with Gasteiger partial charge in [-0.15, -0.1) is 0 Å². The molecule has 3 rings (SSSR count). The van der Waals surface area contributed by atoms with Crippen LogP contribution >= 0.6 is 0 Å². The molecule has 0 bridgehead atoms. The summed E-state index contributed by atoms with van der Waals surface area (Å²) in [6.07, 6.45) is 1.44. The number of nitrogens with one attached hydrogen (secondary N) is 1. The van der Waals surface area contributed by atoms with Crippen LogP contribution in [0.2, 0.25) is 0 Å². The van der Waals surface area contributed by atoms with Crippen LogP contribution in [-0.2, 0) is 21.2 Å². The third-order valence-electron chi connectivity index (χ3n) is 5.47. The van der Waals surface area contributed by atoms with Gasteiger partial charge in [-0.05, 0) is 74.7 Å². The summed E-state index contributed by atoms with van der Waals surface area (Å²) in [6, 6.07) is 21.0. The van der Waals surface area contributed by atoms with Crippen molar-refractivity contribution in [1.82, 2.24) is 5.32 Å². The molecule has 0 aliphatic carbocycles. The van der Waals surface area contributed by atoms with E-state index in [-0.39, 0.29) is 17.3 Å². The molecular weight excluding hydrogens is 464 g/mol. The molecule has 0 radical (unpaired) electrons. The van der Waals surface area contributed by atoms with Gasteiger partial charge in [0, 0.05) is 6.54 Å². The average Bonchev–Trinajstić information content (AvgIpc) is 2.87. The standard InChI is InChI=1S/C27H32N2O5S/c1-4-34-26-10-6-5-8-22(26)9-7-19-28-27(30)20-29(23-13-11-21(2)12-14-23)35(31,32)25-17-15-24(33-3)16-18-25/h5-6,8,10-18H,4,7,9,19-20H2,1-3H3,(H,28,30). The number of nitrogens with zero attached hydrogens (tertiary/aromatic N) is 1. The van der Waals surface area contributed by atoms with E-state index in [1.807, 2.05) is 50.2 Å². The first-order valence-corrected chi connectivity index (χ1v) is 13.0. The predicted molar refractivity (Wildman–Crippen MR) is 138 cm³/mol. The molecule has 0 fully saturated rings. The second-order valence-electron chi connectivity index (χ2n) is 8.02. The zero-order valence-corrected chi connectivity index (χ0v) is 21.2. The van der Waals surface area contributed by atoms with Gasteiger partial charge in [-0.25, -0.2) is 8.42 Å². The molecule has 0 heterocycles. The van der Waals surface area contributed by atoms with E-state index in [9.17, 15) is 13.2 Å². The first-order chi connectivity index (χ1) is 16.8. The van der Waals surface area contributed by atoms with E-state index in [0.717, 1.165) is 27.6 Å². The van der Waals surface area contributed by atoms with Crippen molar-refractivity contribution < 1.29 is 22.7 Å². The molecular formula is C27H32N2O5S. The number of carbonyl (C=O) groups is 1. The van der Waals surface area contributed by atoms with Gasteiger partial charge in [0.25, 0.3) is 10.0 Å². The van der Waals surface area contributed by atoms with Crippen LogP contribution in [0.5, 0.6) is 11.5 Å². The molecule has 7 nitrogen and oxygen atoms in total. The normalized spacial score (nSPS) is 11.1. The zero-order valence-electron chi connectivity index (χ0n) is 20.4. The number of hydrogen-bond donors (Lipinski definition) is 1. The molecule has 0 unspecified atom stereocenters. The highest BCUT2D eigenvalue weighted by atomic mass is 32.2. The lowest BCUT2D eigenvalue weighted by Crippen LogP contribution is -2.41. The maximum atomic E-state index is 13.5. The van der Waals surface area contributed by atoms with Crippen LogP contribution in [0.15, 0.2) is 77.7 Å². The summed E-state index contributed by atoms with van der Waals surface area (Å²) in [5.41, 5.74) is 2.49. The number of rotatable bonds is 12. The highest BCUT2D eigenvalue weighted by molar-refractivity contribution is 7.92.